The van der Waals surface area contributed by atoms with Crippen LogP contribution < -0.4 is 21.1 Å². The Morgan fingerprint density at radius 3 is 1.29 bits per heavy atom. The van der Waals surface area contributed by atoms with E-state index in [1.165, 1.54) is 12.4 Å². The van der Waals surface area contributed by atoms with Gasteiger partial charge in [-0.25, -0.2) is 10.9 Å². The largest absolute Gasteiger partial charge is 2.00 e. The molecule has 0 saturated heterocycles. The molecule has 0 bridgehead atoms. The minimum absolute atomic E-state index is 0. The molecule has 41 heavy (non-hydrogen) atoms. The van der Waals surface area contributed by atoms with Crippen molar-refractivity contribution in [2.45, 2.75) is 0 Å². The van der Waals surface area contributed by atoms with Crippen LogP contribution in [-0.2, 0) is 19.5 Å². The van der Waals surface area contributed by atoms with Crippen LogP contribution >= 0.6 is 63.7 Å². The zero-order chi connectivity index (χ0) is 29.1. The van der Waals surface area contributed by atoms with Crippen LogP contribution in [0.25, 0.3) is 0 Å². The fourth-order valence-corrected chi connectivity index (χ4v) is 5.50. The molecule has 4 aromatic carbocycles. The second kappa shape index (κ2) is 17.3. The van der Waals surface area contributed by atoms with Crippen LogP contribution in [0.15, 0.2) is 113 Å². The van der Waals surface area contributed by atoms with E-state index in [1.807, 2.05) is 12.1 Å². The van der Waals surface area contributed by atoms with Crippen LogP contribution in [0.5, 0.6) is 11.5 Å². The van der Waals surface area contributed by atoms with Gasteiger partial charge in [0, 0.05) is 29.0 Å². The van der Waals surface area contributed by atoms with Crippen molar-refractivity contribution < 1.29 is 39.3 Å². The summed E-state index contributed by atoms with van der Waals surface area (Å²) in [6, 6.07) is 24.0. The van der Waals surface area contributed by atoms with Crippen molar-refractivity contribution in [1.82, 2.24) is 10.9 Å². The normalized spacial score (nSPS) is 10.4. The molecular weight excluding hydrogens is 841 g/mol. The Balaban J connectivity index is 0.000000280. The Morgan fingerprint density at radius 2 is 0.951 bits per heavy atom. The fourth-order valence-electron chi connectivity index (χ4n) is 2.98. The smallest absolute Gasteiger partial charge is 0.871 e. The standard InChI is InChI=1S/2C14H10Br2N2O2.Zn/c2*15-11-6-10(13(19)12(16)7-11)8-17-18-14(20)9-4-2-1-3-5-9;/h2*1-8,19H,(H,18,20);/q;;+2/p-2/b2*17-8-;. The zero-order valence-corrected chi connectivity index (χ0v) is 30.3. The van der Waals surface area contributed by atoms with Crippen LogP contribution in [-0.4, -0.2) is 24.2 Å². The Morgan fingerprint density at radius 1 is 0.610 bits per heavy atom. The molecular formula is C28H18Br4N4O4Zn. The molecule has 0 aliphatic heterocycles. The summed E-state index contributed by atoms with van der Waals surface area (Å²) in [4.78, 5) is 23.5. The summed E-state index contributed by atoms with van der Waals surface area (Å²) in [7, 11) is 0. The van der Waals surface area contributed by atoms with E-state index in [1.54, 1.807) is 72.8 Å². The molecule has 0 saturated carbocycles. The maximum Gasteiger partial charge on any atom is 2.00 e. The van der Waals surface area contributed by atoms with Gasteiger partial charge in [-0.2, -0.15) is 10.2 Å². The summed E-state index contributed by atoms with van der Waals surface area (Å²) < 4.78 is 2.37. The number of nitrogens with one attached hydrogen (secondary N) is 2. The summed E-state index contributed by atoms with van der Waals surface area (Å²) in [6.07, 6.45) is 2.64. The first-order valence-electron chi connectivity index (χ1n) is 11.2. The average Bonchev–Trinajstić information content (AvgIpc) is 2.95. The van der Waals surface area contributed by atoms with Crippen molar-refractivity contribution >= 4 is 88.0 Å². The van der Waals surface area contributed by atoms with Gasteiger partial charge in [0.2, 0.25) is 0 Å². The molecule has 0 atom stereocenters. The van der Waals surface area contributed by atoms with Gasteiger partial charge < -0.3 is 10.2 Å². The second-order valence-corrected chi connectivity index (χ2v) is 11.3. The number of amides is 2. The number of rotatable bonds is 6. The Bertz CT molecular complexity index is 1440. The van der Waals surface area contributed by atoms with Crippen molar-refractivity contribution in [3.63, 3.8) is 0 Å². The second-order valence-electron chi connectivity index (χ2n) is 7.74. The first kappa shape index (κ1) is 34.5. The van der Waals surface area contributed by atoms with Crippen LogP contribution in [0.3, 0.4) is 0 Å². The maximum absolute atomic E-state index is 11.8. The summed E-state index contributed by atoms with van der Waals surface area (Å²) in [6.45, 7) is 0. The maximum atomic E-state index is 11.8. The van der Waals surface area contributed by atoms with Crippen LogP contribution in [0, 0.1) is 0 Å². The number of hydrogen-bond acceptors (Lipinski definition) is 6. The fraction of sp³-hybridized carbons (Fsp3) is 0. The summed E-state index contributed by atoms with van der Waals surface area (Å²) in [5, 5.41) is 31.2. The Labute approximate surface area is 282 Å². The summed E-state index contributed by atoms with van der Waals surface area (Å²) >= 11 is 12.9. The molecule has 8 nitrogen and oxygen atoms in total. The van der Waals surface area contributed by atoms with Crippen molar-refractivity contribution in [2.24, 2.45) is 10.2 Å². The molecule has 0 spiro atoms. The van der Waals surface area contributed by atoms with Gasteiger partial charge >= 0.3 is 19.5 Å². The first-order chi connectivity index (χ1) is 19.2. The summed E-state index contributed by atoms with van der Waals surface area (Å²) in [5.74, 6) is -1.04. The summed E-state index contributed by atoms with van der Waals surface area (Å²) in [5.41, 5.74) is 6.50. The quantitative estimate of drug-likeness (QED) is 0.138. The van der Waals surface area contributed by atoms with E-state index in [9.17, 15) is 19.8 Å². The minimum atomic E-state index is -0.330. The molecule has 0 aliphatic carbocycles. The molecule has 0 heterocycles. The van der Waals surface area contributed by atoms with Gasteiger partial charge in [0.1, 0.15) is 0 Å². The van der Waals surface area contributed by atoms with Gasteiger partial charge in [-0.15, -0.1) is 0 Å². The third-order valence-corrected chi connectivity index (χ3v) is 6.98. The molecule has 0 radical (unpaired) electrons. The predicted octanol–water partition coefficient (Wildman–Crippen LogP) is 6.10. The number of hydrazone groups is 2. The number of nitrogens with zero attached hydrogens (tertiary/aromatic N) is 2. The minimum Gasteiger partial charge on any atom is -0.871 e. The van der Waals surface area contributed by atoms with E-state index in [2.05, 4.69) is 84.8 Å². The monoisotopic (exact) mass is 854 g/mol. The topological polar surface area (TPSA) is 129 Å². The SMILES string of the molecule is O=C(N/N=C\c1cc(Br)cc(Br)c1[O-])c1ccccc1.O=C(N/N=C\c1cc(Br)cc(Br)c1[O-])c1ccccc1.[Zn+2]. The zero-order valence-electron chi connectivity index (χ0n) is 21.0. The average molecular weight is 859 g/mol. The molecule has 0 fully saturated rings. The van der Waals surface area contributed by atoms with E-state index in [0.717, 1.165) is 8.95 Å². The molecule has 0 aliphatic rings. The van der Waals surface area contributed by atoms with Crippen LogP contribution in [0.2, 0.25) is 0 Å². The van der Waals surface area contributed by atoms with E-state index in [0.29, 0.717) is 31.2 Å². The number of hydrogen-bond donors (Lipinski definition) is 2. The van der Waals surface area contributed by atoms with Crippen molar-refractivity contribution in [3.05, 3.63) is 125 Å². The van der Waals surface area contributed by atoms with Crippen molar-refractivity contribution in [1.29, 1.82) is 0 Å². The molecule has 2 N–H and O–H groups in total. The number of benzene rings is 4. The van der Waals surface area contributed by atoms with Crippen LogP contribution in [0.4, 0.5) is 0 Å². The van der Waals surface area contributed by atoms with Gasteiger partial charge in [0.15, 0.2) is 0 Å². The van der Waals surface area contributed by atoms with Gasteiger partial charge in [-0.3, -0.25) is 9.59 Å². The van der Waals surface area contributed by atoms with Gasteiger partial charge in [0.25, 0.3) is 11.8 Å². The van der Waals surface area contributed by atoms with Gasteiger partial charge in [0.05, 0.1) is 12.4 Å². The first-order valence-corrected chi connectivity index (χ1v) is 14.4. The van der Waals surface area contributed by atoms with Crippen molar-refractivity contribution in [3.8, 4) is 11.5 Å². The van der Waals surface area contributed by atoms with Crippen LogP contribution in [0.1, 0.15) is 31.8 Å². The van der Waals surface area contributed by atoms with E-state index >= 15 is 0 Å². The molecule has 4 aromatic rings. The van der Waals surface area contributed by atoms with E-state index < -0.39 is 0 Å². The molecule has 0 aromatic heterocycles. The van der Waals surface area contributed by atoms with E-state index in [4.69, 9.17) is 0 Å². The number of halogens is 4. The third-order valence-electron chi connectivity index (χ3n) is 4.89. The number of carbonyl (C=O) groups is 2. The van der Waals surface area contributed by atoms with Gasteiger partial charge in [-0.1, -0.05) is 112 Å². The molecule has 204 valence electrons. The Hall–Kier alpha value is -2.70. The Kier molecular flexibility index (Phi) is 14.6. The van der Waals surface area contributed by atoms with Crippen molar-refractivity contribution in [2.75, 3.05) is 0 Å². The van der Waals surface area contributed by atoms with E-state index in [-0.39, 0.29) is 42.8 Å². The third kappa shape index (κ3) is 10.9. The molecule has 0 unspecified atom stereocenters. The van der Waals surface area contributed by atoms with Gasteiger partial charge in [-0.05, 0) is 59.7 Å². The predicted molar refractivity (Wildman–Crippen MR) is 166 cm³/mol. The molecule has 2 amide bonds. The number of carbonyl (C=O) groups excluding carboxylic acids is 2. The molecule has 13 heteroatoms. The molecule has 4 rings (SSSR count).